The Morgan fingerprint density at radius 1 is 1.25 bits per heavy atom. The lowest BCUT2D eigenvalue weighted by Gasteiger charge is -2.13. The summed E-state index contributed by atoms with van der Waals surface area (Å²) in [5, 5.41) is 6.55. The lowest BCUT2D eigenvalue weighted by Crippen LogP contribution is -2.40. The van der Waals surface area contributed by atoms with Crippen molar-refractivity contribution in [3.8, 4) is 0 Å². The second-order valence-electron chi connectivity index (χ2n) is 5.52. The second-order valence-corrected chi connectivity index (χ2v) is 6.44. The molecule has 3 amide bonds. The van der Waals surface area contributed by atoms with E-state index >= 15 is 0 Å². The van der Waals surface area contributed by atoms with Crippen LogP contribution in [0.15, 0.2) is 33.8 Å². The van der Waals surface area contributed by atoms with E-state index in [1.54, 1.807) is 19.1 Å². The number of amides is 3. The Hall–Kier alpha value is -2.22. The molecule has 2 N–H and O–H groups in total. The molecule has 1 aliphatic rings. The number of carbonyl (C=O) groups excluding carboxylic acids is 3. The van der Waals surface area contributed by atoms with Crippen LogP contribution in [0.3, 0.4) is 0 Å². The molecule has 0 aromatic heterocycles. The molecule has 7 nitrogen and oxygen atoms in total. The maximum atomic E-state index is 11.9. The molecule has 0 atom stereocenters. The van der Waals surface area contributed by atoms with Crippen molar-refractivity contribution in [2.45, 2.75) is 26.2 Å². The van der Waals surface area contributed by atoms with Crippen LogP contribution >= 0.6 is 15.9 Å². The Morgan fingerprint density at radius 3 is 2.62 bits per heavy atom. The van der Waals surface area contributed by atoms with E-state index in [0.717, 1.165) is 17.3 Å². The van der Waals surface area contributed by atoms with E-state index in [0.29, 0.717) is 24.5 Å². The highest BCUT2D eigenvalue weighted by Gasteiger charge is 2.24. The number of nitrogens with one attached hydrogen (secondary N) is 2. The van der Waals surface area contributed by atoms with Crippen LogP contribution in [0, 0.1) is 0 Å². The predicted molar refractivity (Wildman–Crippen MR) is 94.5 cm³/mol. The largest absolute Gasteiger partial charge is 0.334 e. The highest BCUT2D eigenvalue weighted by Crippen LogP contribution is 2.15. The van der Waals surface area contributed by atoms with Gasteiger partial charge in [-0.3, -0.25) is 14.4 Å². The van der Waals surface area contributed by atoms with Crippen LogP contribution in [0.1, 0.15) is 26.2 Å². The van der Waals surface area contributed by atoms with Crippen LogP contribution in [-0.2, 0) is 14.4 Å². The number of carbonyl (C=O) groups is 3. The van der Waals surface area contributed by atoms with Crippen molar-refractivity contribution in [3.63, 3.8) is 0 Å². The highest BCUT2D eigenvalue weighted by atomic mass is 79.9. The molecule has 1 aromatic rings. The van der Waals surface area contributed by atoms with Gasteiger partial charge in [0.25, 0.3) is 0 Å². The van der Waals surface area contributed by atoms with Gasteiger partial charge < -0.3 is 10.2 Å². The molecule has 1 fully saturated rings. The van der Waals surface area contributed by atoms with Crippen LogP contribution in [0.2, 0.25) is 0 Å². The fourth-order valence-electron chi connectivity index (χ4n) is 2.30. The van der Waals surface area contributed by atoms with E-state index in [-0.39, 0.29) is 12.3 Å². The summed E-state index contributed by atoms with van der Waals surface area (Å²) in [7, 11) is 0. The molecule has 24 heavy (non-hydrogen) atoms. The van der Waals surface area contributed by atoms with E-state index in [1.807, 2.05) is 12.1 Å². The number of anilines is 1. The van der Waals surface area contributed by atoms with Crippen molar-refractivity contribution in [3.05, 3.63) is 28.7 Å². The SMILES string of the molecule is C/C(CC(=O)Nc1cccc(Br)c1)=N\NC(=O)C(=O)N1CCCC1. The van der Waals surface area contributed by atoms with Crippen molar-refractivity contribution < 1.29 is 14.4 Å². The first-order valence-corrected chi connectivity index (χ1v) is 8.43. The minimum atomic E-state index is -0.774. The van der Waals surface area contributed by atoms with Gasteiger partial charge in [-0.25, -0.2) is 5.43 Å². The topological polar surface area (TPSA) is 90.9 Å². The van der Waals surface area contributed by atoms with Gasteiger partial charge in [0, 0.05) is 29.0 Å². The van der Waals surface area contributed by atoms with Gasteiger partial charge in [0.1, 0.15) is 0 Å². The quantitative estimate of drug-likeness (QED) is 0.464. The van der Waals surface area contributed by atoms with Crippen molar-refractivity contribution in [1.82, 2.24) is 10.3 Å². The third-order valence-electron chi connectivity index (χ3n) is 3.46. The van der Waals surface area contributed by atoms with Gasteiger partial charge in [-0.2, -0.15) is 5.10 Å². The average Bonchev–Trinajstić information content (AvgIpc) is 3.06. The van der Waals surface area contributed by atoms with Crippen molar-refractivity contribution in [2.24, 2.45) is 5.10 Å². The molecule has 8 heteroatoms. The molecule has 0 bridgehead atoms. The molecule has 0 saturated carbocycles. The van der Waals surface area contributed by atoms with Crippen LogP contribution < -0.4 is 10.7 Å². The van der Waals surface area contributed by atoms with Gasteiger partial charge in [-0.1, -0.05) is 22.0 Å². The summed E-state index contributed by atoms with van der Waals surface area (Å²) < 4.78 is 0.860. The minimum Gasteiger partial charge on any atom is -0.334 e. The maximum absolute atomic E-state index is 11.9. The first-order chi connectivity index (χ1) is 11.5. The van der Waals surface area contributed by atoms with E-state index < -0.39 is 11.8 Å². The average molecular weight is 395 g/mol. The normalized spacial score (nSPS) is 14.4. The number of benzene rings is 1. The summed E-state index contributed by atoms with van der Waals surface area (Å²) in [6, 6.07) is 7.21. The fourth-order valence-corrected chi connectivity index (χ4v) is 2.70. The zero-order chi connectivity index (χ0) is 17.5. The number of rotatable bonds is 4. The number of halogens is 1. The van der Waals surface area contributed by atoms with E-state index in [9.17, 15) is 14.4 Å². The van der Waals surface area contributed by atoms with Crippen molar-refractivity contribution in [1.29, 1.82) is 0 Å². The Labute approximate surface area is 148 Å². The second kappa shape index (κ2) is 8.58. The standard InChI is InChI=1S/C16H19BrN4O3/c1-11(9-14(22)18-13-6-4-5-12(17)10-13)19-20-15(23)16(24)21-7-2-3-8-21/h4-6,10H,2-3,7-9H2,1H3,(H,18,22)(H,20,23)/b19-11+. The zero-order valence-corrected chi connectivity index (χ0v) is 14.9. The van der Waals surface area contributed by atoms with Gasteiger partial charge in [0.15, 0.2) is 0 Å². The van der Waals surface area contributed by atoms with Crippen LogP contribution in [0.4, 0.5) is 5.69 Å². The Kier molecular flexibility index (Phi) is 6.48. The maximum Gasteiger partial charge on any atom is 0.329 e. The number of hydrazone groups is 1. The van der Waals surface area contributed by atoms with Gasteiger partial charge >= 0.3 is 11.8 Å². The monoisotopic (exact) mass is 394 g/mol. The van der Waals surface area contributed by atoms with E-state index in [1.165, 1.54) is 4.90 Å². The lowest BCUT2D eigenvalue weighted by atomic mass is 10.2. The molecule has 2 rings (SSSR count). The number of nitrogens with zero attached hydrogens (tertiary/aromatic N) is 2. The molecule has 0 aliphatic carbocycles. The highest BCUT2D eigenvalue weighted by molar-refractivity contribution is 9.10. The number of hydrogen-bond donors (Lipinski definition) is 2. The lowest BCUT2D eigenvalue weighted by molar-refractivity contribution is -0.145. The minimum absolute atomic E-state index is 0.0185. The first kappa shape index (κ1) is 18.1. The first-order valence-electron chi connectivity index (χ1n) is 7.63. The molecule has 1 saturated heterocycles. The molecular weight excluding hydrogens is 376 g/mol. The third-order valence-corrected chi connectivity index (χ3v) is 3.95. The molecule has 0 unspecified atom stereocenters. The molecule has 1 heterocycles. The van der Waals surface area contributed by atoms with E-state index in [4.69, 9.17) is 0 Å². The summed E-state index contributed by atoms with van der Waals surface area (Å²) in [5.74, 6) is -1.61. The van der Waals surface area contributed by atoms with Gasteiger partial charge in [-0.15, -0.1) is 0 Å². The molecule has 1 aromatic carbocycles. The Bertz CT molecular complexity index is 669. The van der Waals surface area contributed by atoms with Gasteiger partial charge in [0.05, 0.1) is 6.42 Å². The summed E-state index contributed by atoms with van der Waals surface area (Å²) in [6.45, 7) is 2.81. The van der Waals surface area contributed by atoms with Crippen molar-refractivity contribution >= 4 is 45.1 Å². The van der Waals surface area contributed by atoms with Crippen LogP contribution in [0.5, 0.6) is 0 Å². The van der Waals surface area contributed by atoms with Crippen molar-refractivity contribution in [2.75, 3.05) is 18.4 Å². The molecule has 0 radical (unpaired) electrons. The Morgan fingerprint density at radius 2 is 1.96 bits per heavy atom. The van der Waals surface area contributed by atoms with Crippen LogP contribution in [-0.4, -0.2) is 41.4 Å². The van der Waals surface area contributed by atoms with E-state index in [2.05, 4.69) is 31.8 Å². The zero-order valence-electron chi connectivity index (χ0n) is 13.3. The molecule has 1 aliphatic heterocycles. The summed E-state index contributed by atoms with van der Waals surface area (Å²) in [6.07, 6.45) is 1.85. The van der Waals surface area contributed by atoms with Gasteiger partial charge in [0.2, 0.25) is 5.91 Å². The summed E-state index contributed by atoms with van der Waals surface area (Å²) >= 11 is 3.33. The third kappa shape index (κ3) is 5.45. The number of hydrogen-bond acceptors (Lipinski definition) is 4. The molecular formula is C16H19BrN4O3. The van der Waals surface area contributed by atoms with Crippen LogP contribution in [0.25, 0.3) is 0 Å². The van der Waals surface area contributed by atoms with Gasteiger partial charge in [-0.05, 0) is 38.0 Å². The molecule has 128 valence electrons. The smallest absolute Gasteiger partial charge is 0.329 e. The predicted octanol–water partition coefficient (Wildman–Crippen LogP) is 1.89. The fraction of sp³-hybridized carbons (Fsp3) is 0.375. The summed E-state index contributed by atoms with van der Waals surface area (Å²) in [4.78, 5) is 37.0. The number of likely N-dealkylation sites (tertiary alicyclic amines) is 1. The summed E-state index contributed by atoms with van der Waals surface area (Å²) in [5.41, 5.74) is 3.28. The molecule has 0 spiro atoms. The Balaban J connectivity index is 1.81.